The third kappa shape index (κ3) is 7.86. The van der Waals surface area contributed by atoms with Gasteiger partial charge in [0.15, 0.2) is 0 Å². The van der Waals surface area contributed by atoms with Gasteiger partial charge in [0.1, 0.15) is 12.6 Å². The lowest BCUT2D eigenvalue weighted by molar-refractivity contribution is -0.140. The number of carbonyl (C=O) groups is 2. The Kier molecular flexibility index (Phi) is 10.4. The van der Waals surface area contributed by atoms with E-state index < -0.39 is 28.5 Å². The molecule has 0 fully saturated rings. The summed E-state index contributed by atoms with van der Waals surface area (Å²) in [5.74, 6) is -0.956. The van der Waals surface area contributed by atoms with Gasteiger partial charge in [-0.25, -0.2) is 8.42 Å². The summed E-state index contributed by atoms with van der Waals surface area (Å²) in [4.78, 5) is 28.6. The molecular formula is C27H28Cl3N3O4S. The van der Waals surface area contributed by atoms with Gasteiger partial charge in [-0.1, -0.05) is 83.3 Å². The third-order valence-electron chi connectivity index (χ3n) is 5.76. The van der Waals surface area contributed by atoms with Crippen LogP contribution < -0.4 is 9.62 Å². The topological polar surface area (TPSA) is 86.8 Å². The van der Waals surface area contributed by atoms with Crippen molar-refractivity contribution in [3.8, 4) is 0 Å². The molecule has 3 aromatic rings. The molecule has 0 heterocycles. The molecule has 0 saturated heterocycles. The fraction of sp³-hybridized carbons (Fsp3) is 0.259. The van der Waals surface area contributed by atoms with Crippen molar-refractivity contribution in [1.82, 2.24) is 10.2 Å². The van der Waals surface area contributed by atoms with Crippen LogP contribution in [0.2, 0.25) is 15.1 Å². The highest BCUT2D eigenvalue weighted by molar-refractivity contribution is 7.92. The van der Waals surface area contributed by atoms with E-state index in [1.807, 2.05) is 30.3 Å². The van der Waals surface area contributed by atoms with Crippen LogP contribution in [0.25, 0.3) is 0 Å². The van der Waals surface area contributed by atoms with Crippen molar-refractivity contribution in [2.45, 2.75) is 25.9 Å². The summed E-state index contributed by atoms with van der Waals surface area (Å²) in [7, 11) is -3.91. The maximum absolute atomic E-state index is 13.9. The van der Waals surface area contributed by atoms with Gasteiger partial charge < -0.3 is 10.2 Å². The molecule has 0 radical (unpaired) electrons. The Balaban J connectivity index is 2.07. The van der Waals surface area contributed by atoms with Gasteiger partial charge in [0.05, 0.1) is 27.0 Å². The number of anilines is 1. The van der Waals surface area contributed by atoms with Crippen LogP contribution in [-0.4, -0.2) is 50.5 Å². The van der Waals surface area contributed by atoms with E-state index in [-0.39, 0.29) is 29.6 Å². The summed E-state index contributed by atoms with van der Waals surface area (Å²) in [6.07, 6.45) is 1.21. The molecule has 1 N–H and O–H groups in total. The highest BCUT2D eigenvalue weighted by Gasteiger charge is 2.33. The molecule has 0 bridgehead atoms. The Morgan fingerprint density at radius 2 is 1.53 bits per heavy atom. The Labute approximate surface area is 238 Å². The first-order chi connectivity index (χ1) is 18.0. The van der Waals surface area contributed by atoms with E-state index in [9.17, 15) is 18.0 Å². The zero-order valence-corrected chi connectivity index (χ0v) is 24.0. The lowest BCUT2D eigenvalue weighted by Gasteiger charge is -2.33. The number of nitrogens with zero attached hydrogens (tertiary/aromatic N) is 2. The van der Waals surface area contributed by atoms with E-state index in [1.54, 1.807) is 43.3 Å². The van der Waals surface area contributed by atoms with E-state index in [4.69, 9.17) is 34.8 Å². The zero-order valence-electron chi connectivity index (χ0n) is 20.9. The minimum atomic E-state index is -3.91. The van der Waals surface area contributed by atoms with Crippen LogP contribution in [0.3, 0.4) is 0 Å². The summed E-state index contributed by atoms with van der Waals surface area (Å²) < 4.78 is 26.5. The minimum absolute atomic E-state index is 0.00944. The molecule has 11 heteroatoms. The van der Waals surface area contributed by atoms with E-state index in [0.717, 1.165) is 16.1 Å². The Morgan fingerprint density at radius 1 is 0.868 bits per heavy atom. The zero-order chi connectivity index (χ0) is 27.9. The van der Waals surface area contributed by atoms with Crippen LogP contribution in [0.15, 0.2) is 72.8 Å². The number of nitrogens with one attached hydrogen (secondary N) is 1. The smallest absolute Gasteiger partial charge is 0.244 e. The van der Waals surface area contributed by atoms with Crippen molar-refractivity contribution in [3.05, 3.63) is 99.0 Å². The molecule has 3 rings (SSSR count). The summed E-state index contributed by atoms with van der Waals surface area (Å²) in [6, 6.07) is 19.6. The number of para-hydroxylation sites is 1. The van der Waals surface area contributed by atoms with Crippen molar-refractivity contribution in [2.75, 3.05) is 23.7 Å². The number of hydrogen-bond acceptors (Lipinski definition) is 4. The fourth-order valence-electron chi connectivity index (χ4n) is 3.93. The second-order valence-electron chi connectivity index (χ2n) is 8.59. The monoisotopic (exact) mass is 595 g/mol. The average Bonchev–Trinajstić information content (AvgIpc) is 2.87. The van der Waals surface area contributed by atoms with Gasteiger partial charge in [-0.2, -0.15) is 0 Å². The third-order valence-corrected chi connectivity index (χ3v) is 7.94. The molecule has 0 saturated carbocycles. The van der Waals surface area contributed by atoms with Gasteiger partial charge in [0, 0.05) is 19.5 Å². The van der Waals surface area contributed by atoms with Gasteiger partial charge in [0.25, 0.3) is 0 Å². The molecule has 2 amide bonds. The average molecular weight is 597 g/mol. The number of benzene rings is 3. The maximum atomic E-state index is 13.9. The number of sulfonamides is 1. The summed E-state index contributed by atoms with van der Waals surface area (Å²) in [5, 5.41) is 3.61. The van der Waals surface area contributed by atoms with E-state index in [0.29, 0.717) is 22.2 Å². The molecule has 1 atom stereocenters. The first-order valence-corrected chi connectivity index (χ1v) is 14.8. The standard InChI is InChI=1S/C27H28Cl3N3O4S/c1-3-31-27(35)25(16-19-9-5-4-6-10-19)32(17-20-13-14-21(28)23(30)15-20)26(34)18-33(38(2,36)37)24-12-8-7-11-22(24)29/h4-15,25H,3,16-18H2,1-2H3,(H,31,35)/t25-/m1/s1. The molecular weight excluding hydrogens is 569 g/mol. The fourth-order valence-corrected chi connectivity index (χ4v) is 5.40. The van der Waals surface area contributed by atoms with Crippen molar-refractivity contribution in [2.24, 2.45) is 0 Å². The molecule has 38 heavy (non-hydrogen) atoms. The van der Waals surface area contributed by atoms with Gasteiger partial charge in [0.2, 0.25) is 21.8 Å². The van der Waals surface area contributed by atoms with Crippen LogP contribution >= 0.6 is 34.8 Å². The van der Waals surface area contributed by atoms with Crippen LogP contribution in [0, 0.1) is 0 Å². The Hall–Kier alpha value is -2.78. The van der Waals surface area contributed by atoms with Crippen molar-refractivity contribution < 1.29 is 18.0 Å². The molecule has 0 unspecified atom stereocenters. The SMILES string of the molecule is CCNC(=O)[C@@H](Cc1ccccc1)N(Cc1ccc(Cl)c(Cl)c1)C(=O)CN(c1ccccc1Cl)S(C)(=O)=O. The molecule has 7 nitrogen and oxygen atoms in total. The van der Waals surface area contributed by atoms with Crippen LogP contribution in [0.4, 0.5) is 5.69 Å². The summed E-state index contributed by atoms with van der Waals surface area (Å²) in [5.41, 5.74) is 1.62. The summed E-state index contributed by atoms with van der Waals surface area (Å²) in [6.45, 7) is 1.57. The number of hydrogen-bond donors (Lipinski definition) is 1. The minimum Gasteiger partial charge on any atom is -0.355 e. The number of carbonyl (C=O) groups excluding carboxylic acids is 2. The van der Waals surface area contributed by atoms with E-state index in [1.165, 1.54) is 11.0 Å². The molecule has 0 aliphatic carbocycles. The van der Waals surface area contributed by atoms with Gasteiger partial charge >= 0.3 is 0 Å². The quantitative estimate of drug-likeness (QED) is 0.330. The Bertz CT molecular complexity index is 1390. The maximum Gasteiger partial charge on any atom is 0.244 e. The number of rotatable bonds is 11. The van der Waals surface area contributed by atoms with Crippen LogP contribution in [-0.2, 0) is 32.6 Å². The highest BCUT2D eigenvalue weighted by atomic mass is 35.5. The largest absolute Gasteiger partial charge is 0.355 e. The Morgan fingerprint density at radius 3 is 2.13 bits per heavy atom. The van der Waals surface area contributed by atoms with Crippen LogP contribution in [0.1, 0.15) is 18.1 Å². The molecule has 0 aromatic heterocycles. The highest BCUT2D eigenvalue weighted by Crippen LogP contribution is 2.28. The molecule has 202 valence electrons. The van der Waals surface area contributed by atoms with Crippen LogP contribution in [0.5, 0.6) is 0 Å². The molecule has 3 aromatic carbocycles. The number of halogens is 3. The van der Waals surface area contributed by atoms with Gasteiger partial charge in [-0.3, -0.25) is 13.9 Å². The van der Waals surface area contributed by atoms with Gasteiger partial charge in [-0.15, -0.1) is 0 Å². The number of amides is 2. The first kappa shape index (κ1) is 29.8. The van der Waals surface area contributed by atoms with Crippen molar-refractivity contribution in [1.29, 1.82) is 0 Å². The molecule has 0 aliphatic rings. The molecule has 0 aliphatic heterocycles. The van der Waals surface area contributed by atoms with E-state index >= 15 is 0 Å². The molecule has 0 spiro atoms. The lowest BCUT2D eigenvalue weighted by atomic mass is 10.0. The predicted octanol–water partition coefficient (Wildman–Crippen LogP) is 5.19. The van der Waals surface area contributed by atoms with Crippen molar-refractivity contribution >= 4 is 62.3 Å². The lowest BCUT2D eigenvalue weighted by Crippen LogP contribution is -2.53. The first-order valence-electron chi connectivity index (χ1n) is 11.8. The summed E-state index contributed by atoms with van der Waals surface area (Å²) >= 11 is 18.6. The second-order valence-corrected chi connectivity index (χ2v) is 11.7. The normalized spacial score (nSPS) is 12.0. The van der Waals surface area contributed by atoms with Crippen molar-refractivity contribution in [3.63, 3.8) is 0 Å². The number of likely N-dealkylation sites (N-methyl/N-ethyl adjacent to an activating group) is 1. The van der Waals surface area contributed by atoms with Gasteiger partial charge in [-0.05, 0) is 42.3 Å². The van der Waals surface area contributed by atoms with E-state index in [2.05, 4.69) is 5.32 Å². The second kappa shape index (κ2) is 13.3. The predicted molar refractivity (Wildman–Crippen MR) is 153 cm³/mol.